The van der Waals surface area contributed by atoms with Gasteiger partial charge < -0.3 is 9.88 Å². The van der Waals surface area contributed by atoms with Gasteiger partial charge in [0.05, 0.1) is 12.0 Å². The first-order chi connectivity index (χ1) is 5.79. The summed E-state index contributed by atoms with van der Waals surface area (Å²) in [4.78, 5) is 9.88. The molecule has 1 N–H and O–H groups in total. The van der Waals surface area contributed by atoms with Gasteiger partial charge in [-0.15, -0.1) is 0 Å². The first-order valence-corrected chi connectivity index (χ1v) is 4.58. The molecule has 0 aromatic carbocycles. The highest BCUT2D eigenvalue weighted by Crippen LogP contribution is 2.24. The highest BCUT2D eigenvalue weighted by atomic mass is 15.2. The SMILES string of the molecule is CC(C)N1CCCc2[nH]cnc21. The van der Waals surface area contributed by atoms with E-state index in [1.54, 1.807) is 6.33 Å². The number of aryl methyl sites for hydroxylation is 1. The Hall–Kier alpha value is -0.990. The molecule has 0 spiro atoms. The summed E-state index contributed by atoms with van der Waals surface area (Å²) in [6.07, 6.45) is 4.19. The lowest BCUT2D eigenvalue weighted by Crippen LogP contribution is -2.35. The van der Waals surface area contributed by atoms with Crippen LogP contribution >= 0.6 is 0 Å². The Balaban J connectivity index is 2.31. The van der Waals surface area contributed by atoms with E-state index in [0.29, 0.717) is 6.04 Å². The molecule has 2 rings (SSSR count). The van der Waals surface area contributed by atoms with Gasteiger partial charge in [0.25, 0.3) is 0 Å². The number of aromatic amines is 1. The van der Waals surface area contributed by atoms with Crippen LogP contribution in [0.25, 0.3) is 0 Å². The number of hydrogen-bond acceptors (Lipinski definition) is 2. The van der Waals surface area contributed by atoms with Crippen molar-refractivity contribution in [3.8, 4) is 0 Å². The van der Waals surface area contributed by atoms with E-state index in [-0.39, 0.29) is 0 Å². The number of imidazole rings is 1. The summed E-state index contributed by atoms with van der Waals surface area (Å²) < 4.78 is 0. The Morgan fingerprint density at radius 1 is 1.58 bits per heavy atom. The predicted octanol–water partition coefficient (Wildman–Crippen LogP) is 1.57. The molecule has 0 aliphatic carbocycles. The zero-order chi connectivity index (χ0) is 8.55. The fourth-order valence-electron chi connectivity index (χ4n) is 1.78. The molecule has 1 aliphatic heterocycles. The fraction of sp³-hybridized carbons (Fsp3) is 0.667. The molecule has 0 atom stereocenters. The topological polar surface area (TPSA) is 31.9 Å². The Morgan fingerprint density at radius 3 is 3.17 bits per heavy atom. The molecule has 0 unspecified atom stereocenters. The lowest BCUT2D eigenvalue weighted by atomic mass is 10.1. The van der Waals surface area contributed by atoms with Gasteiger partial charge in [-0.25, -0.2) is 4.98 Å². The molecule has 0 bridgehead atoms. The van der Waals surface area contributed by atoms with Crippen molar-refractivity contribution in [2.75, 3.05) is 11.4 Å². The molecule has 1 aromatic heterocycles. The van der Waals surface area contributed by atoms with Crippen molar-refractivity contribution in [3.63, 3.8) is 0 Å². The minimum Gasteiger partial charge on any atom is -0.353 e. The molecule has 3 nitrogen and oxygen atoms in total. The van der Waals surface area contributed by atoms with Gasteiger partial charge in [0.2, 0.25) is 0 Å². The second-order valence-corrected chi connectivity index (χ2v) is 3.60. The summed E-state index contributed by atoms with van der Waals surface area (Å²) >= 11 is 0. The van der Waals surface area contributed by atoms with E-state index in [2.05, 4.69) is 28.7 Å². The minimum atomic E-state index is 0.562. The average molecular weight is 165 g/mol. The molecule has 2 heterocycles. The predicted molar refractivity (Wildman–Crippen MR) is 49.4 cm³/mol. The maximum Gasteiger partial charge on any atom is 0.150 e. The third-order valence-electron chi connectivity index (χ3n) is 2.42. The molecule has 0 saturated carbocycles. The number of anilines is 1. The summed E-state index contributed by atoms with van der Waals surface area (Å²) in [7, 11) is 0. The lowest BCUT2D eigenvalue weighted by molar-refractivity contribution is 0.615. The largest absolute Gasteiger partial charge is 0.353 e. The maximum absolute atomic E-state index is 4.33. The number of rotatable bonds is 1. The van der Waals surface area contributed by atoms with E-state index in [1.165, 1.54) is 12.1 Å². The highest BCUT2D eigenvalue weighted by molar-refractivity contribution is 5.46. The Labute approximate surface area is 72.8 Å². The summed E-state index contributed by atoms with van der Waals surface area (Å²) in [5.41, 5.74) is 1.30. The molecule has 0 fully saturated rings. The van der Waals surface area contributed by atoms with E-state index in [0.717, 1.165) is 18.8 Å². The van der Waals surface area contributed by atoms with E-state index in [4.69, 9.17) is 0 Å². The number of H-pyrrole nitrogens is 1. The average Bonchev–Trinajstić information content (AvgIpc) is 2.49. The highest BCUT2D eigenvalue weighted by Gasteiger charge is 2.20. The molecular weight excluding hydrogens is 150 g/mol. The Kier molecular flexibility index (Phi) is 1.79. The van der Waals surface area contributed by atoms with Crippen molar-refractivity contribution < 1.29 is 0 Å². The Bertz CT molecular complexity index is 264. The van der Waals surface area contributed by atoms with Gasteiger partial charge in [0.1, 0.15) is 5.82 Å². The van der Waals surface area contributed by atoms with Crippen LogP contribution in [0, 0.1) is 0 Å². The van der Waals surface area contributed by atoms with Gasteiger partial charge in [-0.1, -0.05) is 0 Å². The maximum atomic E-state index is 4.33. The molecule has 3 heteroatoms. The number of fused-ring (bicyclic) bond motifs is 1. The van der Waals surface area contributed by atoms with E-state index in [1.807, 2.05) is 0 Å². The van der Waals surface area contributed by atoms with Crippen LogP contribution in [-0.4, -0.2) is 22.6 Å². The van der Waals surface area contributed by atoms with Crippen LogP contribution in [0.3, 0.4) is 0 Å². The monoisotopic (exact) mass is 165 g/mol. The van der Waals surface area contributed by atoms with Crippen molar-refractivity contribution in [2.45, 2.75) is 32.7 Å². The van der Waals surface area contributed by atoms with Crippen molar-refractivity contribution >= 4 is 5.82 Å². The molecule has 12 heavy (non-hydrogen) atoms. The van der Waals surface area contributed by atoms with Gasteiger partial charge in [-0.3, -0.25) is 0 Å². The first kappa shape index (κ1) is 7.65. The van der Waals surface area contributed by atoms with E-state index in [9.17, 15) is 0 Å². The minimum absolute atomic E-state index is 0.562. The number of hydrogen-bond donors (Lipinski definition) is 1. The van der Waals surface area contributed by atoms with Gasteiger partial charge in [0, 0.05) is 12.6 Å². The van der Waals surface area contributed by atoms with Crippen molar-refractivity contribution in [1.82, 2.24) is 9.97 Å². The van der Waals surface area contributed by atoms with Gasteiger partial charge in [0.15, 0.2) is 0 Å². The normalized spacial score (nSPS) is 16.8. The van der Waals surface area contributed by atoms with E-state index >= 15 is 0 Å². The molecule has 0 saturated heterocycles. The standard InChI is InChI=1S/C9H15N3/c1-7(2)12-5-3-4-8-9(12)11-6-10-8/h6-7H,3-5H2,1-2H3,(H,10,11). The van der Waals surface area contributed by atoms with Gasteiger partial charge in [-0.05, 0) is 26.7 Å². The number of aromatic nitrogens is 2. The van der Waals surface area contributed by atoms with Gasteiger partial charge >= 0.3 is 0 Å². The summed E-state index contributed by atoms with van der Waals surface area (Å²) in [5.74, 6) is 1.16. The summed E-state index contributed by atoms with van der Waals surface area (Å²) in [6.45, 7) is 5.57. The van der Waals surface area contributed by atoms with Gasteiger partial charge in [-0.2, -0.15) is 0 Å². The first-order valence-electron chi connectivity index (χ1n) is 4.58. The van der Waals surface area contributed by atoms with Crippen LogP contribution in [0.4, 0.5) is 5.82 Å². The van der Waals surface area contributed by atoms with Crippen LogP contribution in [0.1, 0.15) is 26.0 Å². The molecule has 0 amide bonds. The van der Waals surface area contributed by atoms with Crippen molar-refractivity contribution in [1.29, 1.82) is 0 Å². The van der Waals surface area contributed by atoms with Crippen LogP contribution < -0.4 is 4.90 Å². The molecule has 1 aliphatic rings. The molecular formula is C9H15N3. The summed E-state index contributed by atoms with van der Waals surface area (Å²) in [5, 5.41) is 0. The fourth-order valence-corrected chi connectivity index (χ4v) is 1.78. The molecule has 1 aromatic rings. The zero-order valence-corrected chi connectivity index (χ0v) is 7.67. The third kappa shape index (κ3) is 1.09. The summed E-state index contributed by atoms with van der Waals surface area (Å²) in [6, 6.07) is 0.562. The smallest absolute Gasteiger partial charge is 0.150 e. The van der Waals surface area contributed by atoms with Crippen LogP contribution in [0.2, 0.25) is 0 Å². The zero-order valence-electron chi connectivity index (χ0n) is 7.67. The molecule has 66 valence electrons. The van der Waals surface area contributed by atoms with Crippen molar-refractivity contribution in [3.05, 3.63) is 12.0 Å². The van der Waals surface area contributed by atoms with Crippen LogP contribution in [0.15, 0.2) is 6.33 Å². The number of nitrogens with zero attached hydrogens (tertiary/aromatic N) is 2. The second kappa shape index (κ2) is 2.81. The Morgan fingerprint density at radius 2 is 2.42 bits per heavy atom. The van der Waals surface area contributed by atoms with Crippen molar-refractivity contribution in [2.24, 2.45) is 0 Å². The quantitative estimate of drug-likeness (QED) is 0.685. The molecule has 0 radical (unpaired) electrons. The number of nitrogens with one attached hydrogen (secondary N) is 1. The van der Waals surface area contributed by atoms with E-state index < -0.39 is 0 Å². The third-order valence-corrected chi connectivity index (χ3v) is 2.42. The van der Waals surface area contributed by atoms with Crippen LogP contribution in [-0.2, 0) is 6.42 Å². The second-order valence-electron chi connectivity index (χ2n) is 3.60. The lowest BCUT2D eigenvalue weighted by Gasteiger charge is -2.30. The van der Waals surface area contributed by atoms with Crippen LogP contribution in [0.5, 0.6) is 0 Å².